The van der Waals surface area contributed by atoms with Crippen LogP contribution in [0.2, 0.25) is 0 Å². The van der Waals surface area contributed by atoms with Crippen LogP contribution in [0.1, 0.15) is 39.3 Å². The molecule has 0 aliphatic rings. The molecular weight excluding hydrogens is 422 g/mol. The molecule has 31 heavy (non-hydrogen) atoms. The van der Waals surface area contributed by atoms with Gasteiger partial charge >= 0.3 is 17.7 Å². The summed E-state index contributed by atoms with van der Waals surface area (Å²) in [4.78, 5) is 40.3. The van der Waals surface area contributed by atoms with Gasteiger partial charge in [-0.3, -0.25) is 14.9 Å². The number of benzene rings is 1. The quantitative estimate of drug-likeness (QED) is 0.275. The van der Waals surface area contributed by atoms with Gasteiger partial charge in [0.2, 0.25) is 0 Å². The van der Waals surface area contributed by atoms with E-state index in [1.54, 1.807) is 58.0 Å². The van der Waals surface area contributed by atoms with Gasteiger partial charge < -0.3 is 14.8 Å². The number of aromatic nitrogens is 1. The van der Waals surface area contributed by atoms with Gasteiger partial charge in [0.05, 0.1) is 17.6 Å². The van der Waals surface area contributed by atoms with Gasteiger partial charge in [-0.25, -0.2) is 9.78 Å². The number of pyridine rings is 1. The zero-order valence-electron chi connectivity index (χ0n) is 17.7. The molecule has 1 amide bonds. The highest BCUT2D eigenvalue weighted by molar-refractivity contribution is 8.00. The monoisotopic (exact) mass is 447 g/mol. The third kappa shape index (κ3) is 7.25. The molecule has 2 aromatic rings. The molecule has 9 nitrogen and oxygen atoms in total. The fourth-order valence-corrected chi connectivity index (χ4v) is 3.79. The third-order valence-corrected chi connectivity index (χ3v) is 5.10. The Morgan fingerprint density at radius 1 is 1.19 bits per heavy atom. The number of ether oxygens (including phenoxy) is 2. The predicted octanol–water partition coefficient (Wildman–Crippen LogP) is 4.28. The van der Waals surface area contributed by atoms with Crippen molar-refractivity contribution in [3.63, 3.8) is 0 Å². The summed E-state index contributed by atoms with van der Waals surface area (Å²) in [6, 6.07) is 10.6. The summed E-state index contributed by atoms with van der Waals surface area (Å²) in [5, 5.41) is 13.1. The van der Waals surface area contributed by atoms with E-state index in [4.69, 9.17) is 9.47 Å². The van der Waals surface area contributed by atoms with Crippen molar-refractivity contribution in [1.82, 2.24) is 10.3 Å². The normalized spacial score (nSPS) is 13.0. The number of amides is 1. The Morgan fingerprint density at radius 3 is 2.45 bits per heavy atom. The van der Waals surface area contributed by atoms with E-state index in [2.05, 4.69) is 10.3 Å². The number of rotatable bonds is 8. The van der Waals surface area contributed by atoms with Crippen LogP contribution in [0.3, 0.4) is 0 Å². The van der Waals surface area contributed by atoms with Crippen LogP contribution in [-0.4, -0.2) is 39.4 Å². The Kier molecular flexibility index (Phi) is 8.38. The molecule has 0 unspecified atom stereocenters. The lowest BCUT2D eigenvalue weighted by Gasteiger charge is -2.28. The van der Waals surface area contributed by atoms with Crippen molar-refractivity contribution in [2.45, 2.75) is 49.6 Å². The highest BCUT2D eigenvalue weighted by atomic mass is 32.2. The van der Waals surface area contributed by atoms with Crippen molar-refractivity contribution >= 4 is 29.5 Å². The first-order chi connectivity index (χ1) is 14.6. The van der Waals surface area contributed by atoms with Gasteiger partial charge in [0, 0.05) is 12.3 Å². The van der Waals surface area contributed by atoms with Gasteiger partial charge in [-0.15, -0.1) is 0 Å². The lowest BCUT2D eigenvalue weighted by atomic mass is 10.0. The van der Waals surface area contributed by atoms with E-state index in [0.717, 1.165) is 11.8 Å². The molecule has 2 rings (SSSR count). The van der Waals surface area contributed by atoms with Gasteiger partial charge in [0.25, 0.3) is 0 Å². The average Bonchev–Trinajstić information content (AvgIpc) is 2.70. The largest absolute Gasteiger partial charge is 0.465 e. The van der Waals surface area contributed by atoms with Crippen molar-refractivity contribution in [3.05, 3.63) is 64.3 Å². The number of alkyl carbamates (subject to hydrolysis) is 1. The molecule has 1 aromatic carbocycles. The van der Waals surface area contributed by atoms with Crippen molar-refractivity contribution in [2.75, 3.05) is 6.61 Å². The number of carbonyl (C=O) groups excluding carboxylic acids is 2. The van der Waals surface area contributed by atoms with Crippen molar-refractivity contribution in [3.8, 4) is 0 Å². The molecule has 0 radical (unpaired) electrons. The Bertz CT molecular complexity index is 917. The zero-order chi connectivity index (χ0) is 23.0. The molecular formula is C21H25N3O6S. The van der Waals surface area contributed by atoms with Crippen LogP contribution >= 0.6 is 11.8 Å². The van der Waals surface area contributed by atoms with E-state index in [9.17, 15) is 19.7 Å². The second kappa shape index (κ2) is 10.8. The number of nitrogens with zero attached hydrogens (tertiary/aromatic N) is 2. The summed E-state index contributed by atoms with van der Waals surface area (Å²) in [5.41, 5.74) is -0.388. The lowest BCUT2D eigenvalue weighted by molar-refractivity contribution is -0.388. The lowest BCUT2D eigenvalue weighted by Crippen LogP contribution is -2.42. The van der Waals surface area contributed by atoms with Crippen LogP contribution in [0.4, 0.5) is 10.5 Å². The van der Waals surface area contributed by atoms with E-state index in [1.807, 2.05) is 0 Å². The summed E-state index contributed by atoms with van der Waals surface area (Å²) in [7, 11) is 0. The Balaban J connectivity index is 2.47. The van der Waals surface area contributed by atoms with Crippen LogP contribution in [-0.2, 0) is 14.3 Å². The van der Waals surface area contributed by atoms with Gasteiger partial charge in [0.15, 0.2) is 5.03 Å². The van der Waals surface area contributed by atoms with Gasteiger partial charge in [0.1, 0.15) is 10.9 Å². The number of nitrogens with one attached hydrogen (secondary N) is 1. The summed E-state index contributed by atoms with van der Waals surface area (Å²) in [6.07, 6.45) is 0.669. The maximum Gasteiger partial charge on any atom is 0.408 e. The number of hydrogen-bond acceptors (Lipinski definition) is 8. The fraction of sp³-hybridized carbons (Fsp3) is 0.381. The van der Waals surface area contributed by atoms with E-state index >= 15 is 0 Å². The van der Waals surface area contributed by atoms with E-state index in [0.29, 0.717) is 5.56 Å². The van der Waals surface area contributed by atoms with E-state index in [1.165, 1.54) is 18.3 Å². The van der Waals surface area contributed by atoms with E-state index < -0.39 is 33.9 Å². The molecule has 166 valence electrons. The molecule has 1 heterocycles. The standard InChI is InChI=1S/C21H25N3O6S/c1-5-29-19(25)17(31-18-15(24(27)28)12-9-13-22-18)16(14-10-7-6-8-11-14)23-20(26)30-21(2,3)4/h6-13,16-17H,5H2,1-4H3,(H,23,26)/t16-,17+/m1/s1. The first kappa shape index (κ1) is 24.1. The van der Waals surface area contributed by atoms with Crippen LogP contribution in [0.25, 0.3) is 0 Å². The minimum atomic E-state index is -1.05. The molecule has 1 N–H and O–H groups in total. The smallest absolute Gasteiger partial charge is 0.408 e. The average molecular weight is 448 g/mol. The summed E-state index contributed by atoms with van der Waals surface area (Å²) < 4.78 is 10.6. The highest BCUT2D eigenvalue weighted by Gasteiger charge is 2.36. The SMILES string of the molecule is CCOC(=O)[C@@H](Sc1ncccc1[N+](=O)[O-])[C@H](NC(=O)OC(C)(C)C)c1ccccc1. The number of hydrogen-bond donors (Lipinski definition) is 1. The molecule has 0 spiro atoms. The fourth-order valence-electron chi connectivity index (χ4n) is 2.64. The second-order valence-corrected chi connectivity index (χ2v) is 8.54. The molecule has 0 bridgehead atoms. The Labute approximate surface area is 184 Å². The van der Waals surface area contributed by atoms with Gasteiger partial charge in [-0.1, -0.05) is 42.1 Å². The minimum absolute atomic E-state index is 0.0393. The van der Waals surface area contributed by atoms with Crippen molar-refractivity contribution < 1.29 is 24.0 Å². The summed E-state index contributed by atoms with van der Waals surface area (Å²) in [6.45, 7) is 6.92. The zero-order valence-corrected chi connectivity index (χ0v) is 18.5. The third-order valence-electron chi connectivity index (χ3n) is 3.84. The molecule has 0 aliphatic carbocycles. The molecule has 0 fully saturated rings. The molecule has 2 atom stereocenters. The van der Waals surface area contributed by atoms with Crippen LogP contribution in [0.5, 0.6) is 0 Å². The molecule has 0 saturated heterocycles. The molecule has 0 saturated carbocycles. The first-order valence-corrected chi connectivity index (χ1v) is 10.5. The number of esters is 1. The summed E-state index contributed by atoms with van der Waals surface area (Å²) in [5.74, 6) is -0.641. The van der Waals surface area contributed by atoms with Gasteiger partial charge in [-0.2, -0.15) is 0 Å². The maximum atomic E-state index is 12.9. The predicted molar refractivity (Wildman–Crippen MR) is 116 cm³/mol. The minimum Gasteiger partial charge on any atom is -0.465 e. The Morgan fingerprint density at radius 2 is 1.87 bits per heavy atom. The molecule has 1 aromatic heterocycles. The molecule has 10 heteroatoms. The second-order valence-electron chi connectivity index (χ2n) is 7.41. The Hall–Kier alpha value is -3.14. The van der Waals surface area contributed by atoms with Crippen LogP contribution in [0.15, 0.2) is 53.7 Å². The molecule has 0 aliphatic heterocycles. The summed E-state index contributed by atoms with van der Waals surface area (Å²) >= 11 is 0.857. The van der Waals surface area contributed by atoms with E-state index in [-0.39, 0.29) is 17.3 Å². The first-order valence-electron chi connectivity index (χ1n) is 9.59. The number of thioether (sulfide) groups is 1. The van der Waals surface area contributed by atoms with Crippen LogP contribution < -0.4 is 5.32 Å². The van der Waals surface area contributed by atoms with Gasteiger partial charge in [-0.05, 0) is 39.3 Å². The topological polar surface area (TPSA) is 121 Å². The van der Waals surface area contributed by atoms with Crippen molar-refractivity contribution in [2.24, 2.45) is 0 Å². The number of carbonyl (C=O) groups is 2. The maximum absolute atomic E-state index is 12.9. The highest BCUT2D eigenvalue weighted by Crippen LogP contribution is 2.36. The van der Waals surface area contributed by atoms with Crippen molar-refractivity contribution in [1.29, 1.82) is 0 Å². The van der Waals surface area contributed by atoms with Crippen LogP contribution in [0, 0.1) is 10.1 Å². The number of nitro groups is 1.